The van der Waals surface area contributed by atoms with Crippen LogP contribution in [-0.4, -0.2) is 58.6 Å². The Balaban J connectivity index is 1.14. The van der Waals surface area contributed by atoms with Gasteiger partial charge in [0.25, 0.3) is 0 Å². The fourth-order valence-corrected chi connectivity index (χ4v) is 8.33. The zero-order chi connectivity index (χ0) is 30.6. The van der Waals surface area contributed by atoms with Crippen LogP contribution in [0.25, 0.3) is 6.08 Å². The van der Waals surface area contributed by atoms with Crippen molar-refractivity contribution in [3.63, 3.8) is 0 Å². The molecule has 0 unspecified atom stereocenters. The Morgan fingerprint density at radius 1 is 0.955 bits per heavy atom. The fraction of sp³-hybridized carbons (Fsp3) is 0.526. The van der Waals surface area contributed by atoms with Gasteiger partial charge >= 0.3 is 0 Å². The lowest BCUT2D eigenvalue weighted by Gasteiger charge is -2.36. The second kappa shape index (κ2) is 13.8. The van der Waals surface area contributed by atoms with Crippen LogP contribution >= 0.6 is 0 Å². The van der Waals surface area contributed by atoms with E-state index in [0.29, 0.717) is 13.0 Å². The number of carbonyl (C=O) groups excluding carboxylic acids is 2. The quantitative estimate of drug-likeness (QED) is 0.221. The first-order valence-electron chi connectivity index (χ1n) is 16.9. The standard InChI is InChI=1S/C38H48N2O4/c1-3-9-26(21-28-13-8-14-31(41)22-28)15-16-34-35-29(10-4-2)23-32-36(33(35)25-44-34)38(43)40(37(32)42)30-17-19-39(20-18-30)24-27-11-6-5-7-12-27/h5-8,11-14,21-22,30,32-34,36,41H,3-4,9-10,15-20,23-25H2,1-2H3/b26-21+/t32-,33+,34-,36-/m1/s1. The summed E-state index contributed by atoms with van der Waals surface area (Å²) in [4.78, 5) is 32.2. The summed E-state index contributed by atoms with van der Waals surface area (Å²) in [6, 6.07) is 18.0. The Morgan fingerprint density at radius 3 is 2.48 bits per heavy atom. The number of aromatic hydroxyl groups is 1. The molecule has 0 aromatic heterocycles. The maximum atomic E-state index is 14.1. The van der Waals surface area contributed by atoms with E-state index >= 15 is 0 Å². The molecule has 3 saturated heterocycles. The van der Waals surface area contributed by atoms with Gasteiger partial charge in [0.2, 0.25) is 11.8 Å². The molecule has 6 rings (SSSR count). The van der Waals surface area contributed by atoms with Crippen molar-refractivity contribution in [1.82, 2.24) is 9.80 Å². The minimum Gasteiger partial charge on any atom is -0.508 e. The van der Waals surface area contributed by atoms with Crippen molar-refractivity contribution in [3.05, 3.63) is 82.4 Å². The predicted molar refractivity (Wildman–Crippen MR) is 174 cm³/mol. The van der Waals surface area contributed by atoms with Gasteiger partial charge in [-0.25, -0.2) is 0 Å². The first-order chi connectivity index (χ1) is 21.5. The van der Waals surface area contributed by atoms with Gasteiger partial charge in [-0.2, -0.15) is 0 Å². The van der Waals surface area contributed by atoms with Gasteiger partial charge in [0.1, 0.15) is 5.75 Å². The summed E-state index contributed by atoms with van der Waals surface area (Å²) >= 11 is 0. The topological polar surface area (TPSA) is 70.1 Å². The third-order valence-corrected chi connectivity index (χ3v) is 10.3. The van der Waals surface area contributed by atoms with Crippen molar-refractivity contribution in [2.24, 2.45) is 17.8 Å². The van der Waals surface area contributed by atoms with Crippen LogP contribution in [0.2, 0.25) is 0 Å². The molecule has 1 aliphatic carbocycles. The molecule has 3 heterocycles. The van der Waals surface area contributed by atoms with Gasteiger partial charge in [-0.15, -0.1) is 0 Å². The second-order valence-corrected chi connectivity index (χ2v) is 13.3. The van der Waals surface area contributed by atoms with Gasteiger partial charge in [0.15, 0.2) is 0 Å². The minimum atomic E-state index is -0.275. The van der Waals surface area contributed by atoms with E-state index in [4.69, 9.17) is 4.74 Å². The van der Waals surface area contributed by atoms with Gasteiger partial charge in [0.05, 0.1) is 24.5 Å². The highest BCUT2D eigenvalue weighted by Gasteiger charge is 2.58. The molecule has 3 aliphatic heterocycles. The number of carbonyl (C=O) groups is 2. The van der Waals surface area contributed by atoms with Crippen LogP contribution in [0.4, 0.5) is 0 Å². The van der Waals surface area contributed by atoms with E-state index in [0.717, 1.165) is 76.6 Å². The van der Waals surface area contributed by atoms with Crippen LogP contribution in [0.15, 0.2) is 71.3 Å². The Hall–Kier alpha value is -3.22. The molecule has 3 fully saturated rings. The number of phenolic OH excluding ortho intramolecular Hbond substituents is 1. The van der Waals surface area contributed by atoms with E-state index in [1.807, 2.05) is 24.3 Å². The molecule has 4 aliphatic rings. The lowest BCUT2D eigenvalue weighted by atomic mass is 9.68. The number of hydrogen-bond acceptors (Lipinski definition) is 5. The minimum absolute atomic E-state index is 0.00276. The average Bonchev–Trinajstić information content (AvgIpc) is 3.55. The third-order valence-electron chi connectivity index (χ3n) is 10.3. The van der Waals surface area contributed by atoms with Gasteiger partial charge < -0.3 is 9.84 Å². The number of benzene rings is 2. The molecule has 44 heavy (non-hydrogen) atoms. The molecule has 6 nitrogen and oxygen atoms in total. The van der Waals surface area contributed by atoms with Gasteiger partial charge in [-0.3, -0.25) is 19.4 Å². The highest BCUT2D eigenvalue weighted by Crippen LogP contribution is 2.51. The Morgan fingerprint density at radius 2 is 1.75 bits per heavy atom. The molecule has 2 aromatic rings. The molecule has 0 saturated carbocycles. The highest BCUT2D eigenvalue weighted by atomic mass is 16.5. The van der Waals surface area contributed by atoms with Crippen molar-refractivity contribution in [1.29, 1.82) is 0 Å². The number of hydrogen-bond donors (Lipinski definition) is 1. The van der Waals surface area contributed by atoms with Crippen molar-refractivity contribution in [3.8, 4) is 5.75 Å². The summed E-state index contributed by atoms with van der Waals surface area (Å²) in [5.74, 6) is -0.0850. The fourth-order valence-electron chi connectivity index (χ4n) is 8.33. The van der Waals surface area contributed by atoms with Crippen LogP contribution in [0.1, 0.15) is 82.8 Å². The number of imide groups is 1. The third kappa shape index (κ3) is 6.43. The van der Waals surface area contributed by atoms with Gasteiger partial charge in [-0.05, 0) is 73.8 Å². The van der Waals surface area contributed by atoms with Crippen molar-refractivity contribution < 1.29 is 19.4 Å². The first-order valence-corrected chi connectivity index (χ1v) is 16.9. The first kappa shape index (κ1) is 30.8. The molecule has 1 N–H and O–H groups in total. The molecule has 2 amide bonds. The van der Waals surface area contributed by atoms with E-state index in [1.54, 1.807) is 11.0 Å². The summed E-state index contributed by atoms with van der Waals surface area (Å²) in [6.07, 6.45) is 10.5. The summed E-state index contributed by atoms with van der Waals surface area (Å²) in [5.41, 5.74) is 6.39. The predicted octanol–water partition coefficient (Wildman–Crippen LogP) is 7.14. The van der Waals surface area contributed by atoms with Crippen molar-refractivity contribution >= 4 is 17.9 Å². The number of likely N-dealkylation sites (tertiary alicyclic amines) is 2. The molecule has 6 heteroatoms. The Labute approximate surface area is 262 Å². The number of amides is 2. The van der Waals surface area contributed by atoms with Crippen LogP contribution in [0.3, 0.4) is 0 Å². The molecule has 0 radical (unpaired) electrons. The maximum Gasteiger partial charge on any atom is 0.234 e. The second-order valence-electron chi connectivity index (χ2n) is 13.3. The number of nitrogens with zero attached hydrogens (tertiary/aromatic N) is 2. The lowest BCUT2D eigenvalue weighted by molar-refractivity contribution is -0.144. The van der Waals surface area contributed by atoms with Crippen LogP contribution in [0, 0.1) is 17.8 Å². The van der Waals surface area contributed by atoms with Crippen LogP contribution in [-0.2, 0) is 20.9 Å². The monoisotopic (exact) mass is 596 g/mol. The van der Waals surface area contributed by atoms with E-state index in [2.05, 4.69) is 49.1 Å². The smallest absolute Gasteiger partial charge is 0.234 e. The van der Waals surface area contributed by atoms with Gasteiger partial charge in [0, 0.05) is 31.6 Å². The highest BCUT2D eigenvalue weighted by molar-refractivity contribution is 6.06. The largest absolute Gasteiger partial charge is 0.508 e. The molecule has 0 bridgehead atoms. The Kier molecular flexibility index (Phi) is 9.68. The number of allylic oxidation sites excluding steroid dienone is 2. The van der Waals surface area contributed by atoms with Crippen LogP contribution < -0.4 is 0 Å². The summed E-state index contributed by atoms with van der Waals surface area (Å²) < 4.78 is 6.50. The Bertz CT molecular complexity index is 1390. The molecular formula is C38H48N2O4. The summed E-state index contributed by atoms with van der Waals surface area (Å²) in [5, 5.41) is 9.94. The number of ether oxygens (including phenoxy) is 1. The number of fused-ring (bicyclic) bond motifs is 3. The lowest BCUT2D eigenvalue weighted by Crippen LogP contribution is -2.47. The van der Waals surface area contributed by atoms with E-state index < -0.39 is 0 Å². The summed E-state index contributed by atoms with van der Waals surface area (Å²) in [6.45, 7) is 7.66. The van der Waals surface area contributed by atoms with Gasteiger partial charge in [-0.1, -0.05) is 86.4 Å². The normalized spacial score (nSPS) is 26.4. The molecule has 4 atom stereocenters. The molecule has 0 spiro atoms. The number of piperidine rings is 1. The zero-order valence-electron chi connectivity index (χ0n) is 26.4. The number of rotatable bonds is 11. The van der Waals surface area contributed by atoms with E-state index in [-0.39, 0.29) is 47.5 Å². The number of phenols is 1. The molecule has 2 aromatic carbocycles. The zero-order valence-corrected chi connectivity index (χ0v) is 26.4. The van der Waals surface area contributed by atoms with Crippen molar-refractivity contribution in [2.45, 2.75) is 90.3 Å². The van der Waals surface area contributed by atoms with E-state index in [9.17, 15) is 14.7 Å². The van der Waals surface area contributed by atoms with E-state index in [1.165, 1.54) is 22.3 Å². The van der Waals surface area contributed by atoms with Crippen molar-refractivity contribution in [2.75, 3.05) is 19.7 Å². The molecular weight excluding hydrogens is 548 g/mol. The molecule has 234 valence electrons. The maximum absolute atomic E-state index is 14.1. The summed E-state index contributed by atoms with van der Waals surface area (Å²) in [7, 11) is 0. The van der Waals surface area contributed by atoms with Crippen LogP contribution in [0.5, 0.6) is 5.75 Å². The average molecular weight is 597 g/mol. The SMILES string of the molecule is CCCC1=C2[C@@H](CC/C(=C/c3cccc(O)c3)CCC)OC[C@@H]2[C@@H]2C(=O)N(C3CCN(Cc4ccccc4)CC3)C(=O)[C@@H]2C1.